The molecule has 17 heavy (non-hydrogen) atoms. The Morgan fingerprint density at radius 2 is 1.47 bits per heavy atom. The van der Waals surface area contributed by atoms with Crippen molar-refractivity contribution in [3.05, 3.63) is 29.3 Å². The Labute approximate surface area is 99.5 Å². The zero-order valence-electron chi connectivity index (χ0n) is 9.86. The molecular weight excluding hydrogens is 222 g/mol. The minimum atomic E-state index is -0.545. The highest BCUT2D eigenvalue weighted by Gasteiger charge is 2.18. The lowest BCUT2D eigenvalue weighted by atomic mass is 10.1. The van der Waals surface area contributed by atoms with Crippen LogP contribution in [0.25, 0.3) is 0 Å². The van der Waals surface area contributed by atoms with Crippen LogP contribution < -0.4 is 5.73 Å². The van der Waals surface area contributed by atoms with Gasteiger partial charge in [-0.25, -0.2) is 9.59 Å². The van der Waals surface area contributed by atoms with Crippen molar-refractivity contribution in [1.29, 1.82) is 0 Å². The summed E-state index contributed by atoms with van der Waals surface area (Å²) in [6, 6.07) is 4.58. The maximum atomic E-state index is 11.5. The van der Waals surface area contributed by atoms with E-state index in [2.05, 4.69) is 0 Å². The van der Waals surface area contributed by atoms with Crippen molar-refractivity contribution in [2.24, 2.45) is 0 Å². The average molecular weight is 237 g/mol. The quantitative estimate of drug-likeness (QED) is 0.636. The van der Waals surface area contributed by atoms with E-state index in [4.69, 9.17) is 15.2 Å². The second kappa shape index (κ2) is 5.89. The molecule has 5 heteroatoms. The summed E-state index contributed by atoms with van der Waals surface area (Å²) < 4.78 is 9.66. The van der Waals surface area contributed by atoms with E-state index in [0.717, 1.165) is 0 Å². The number of anilines is 1. The molecule has 0 unspecified atom stereocenters. The molecular formula is C12H15NO4. The average Bonchev–Trinajstić information content (AvgIpc) is 2.29. The van der Waals surface area contributed by atoms with E-state index in [1.807, 2.05) is 0 Å². The second-order valence-electron chi connectivity index (χ2n) is 3.21. The summed E-state index contributed by atoms with van der Waals surface area (Å²) in [5, 5.41) is 0. The van der Waals surface area contributed by atoms with Crippen molar-refractivity contribution in [3.8, 4) is 0 Å². The Balaban J connectivity index is 3.07. The lowest BCUT2D eigenvalue weighted by molar-refractivity contribution is 0.0527. The number of hydrogen-bond acceptors (Lipinski definition) is 5. The SMILES string of the molecule is CCOC(=O)c1cccc(C(=O)OCC)c1N. The fourth-order valence-corrected chi connectivity index (χ4v) is 1.34. The van der Waals surface area contributed by atoms with E-state index in [1.165, 1.54) is 12.1 Å². The summed E-state index contributed by atoms with van der Waals surface area (Å²) in [6.45, 7) is 3.90. The lowest BCUT2D eigenvalue weighted by Crippen LogP contribution is -2.13. The first-order valence-corrected chi connectivity index (χ1v) is 5.34. The van der Waals surface area contributed by atoms with Gasteiger partial charge in [-0.05, 0) is 26.0 Å². The van der Waals surface area contributed by atoms with Gasteiger partial charge in [-0.15, -0.1) is 0 Å². The fraction of sp³-hybridized carbons (Fsp3) is 0.333. The van der Waals surface area contributed by atoms with Crippen molar-refractivity contribution in [1.82, 2.24) is 0 Å². The van der Waals surface area contributed by atoms with Crippen LogP contribution in [0.4, 0.5) is 5.69 Å². The number of rotatable bonds is 4. The minimum absolute atomic E-state index is 0.0874. The van der Waals surface area contributed by atoms with Gasteiger partial charge >= 0.3 is 11.9 Å². The molecule has 0 aromatic heterocycles. The van der Waals surface area contributed by atoms with Crippen LogP contribution in [0.5, 0.6) is 0 Å². The lowest BCUT2D eigenvalue weighted by Gasteiger charge is -2.09. The van der Waals surface area contributed by atoms with Gasteiger partial charge in [0.25, 0.3) is 0 Å². The van der Waals surface area contributed by atoms with Gasteiger partial charge in [-0.3, -0.25) is 0 Å². The molecule has 0 bridgehead atoms. The van der Waals surface area contributed by atoms with Crippen LogP contribution in [0, 0.1) is 0 Å². The van der Waals surface area contributed by atoms with Gasteiger partial charge < -0.3 is 15.2 Å². The van der Waals surface area contributed by atoms with Gasteiger partial charge in [0.15, 0.2) is 0 Å². The summed E-state index contributed by atoms with van der Waals surface area (Å²) in [4.78, 5) is 23.1. The van der Waals surface area contributed by atoms with Crippen LogP contribution in [0.15, 0.2) is 18.2 Å². The first kappa shape index (κ1) is 13.0. The molecule has 1 rings (SSSR count). The third kappa shape index (κ3) is 2.96. The van der Waals surface area contributed by atoms with Crippen LogP contribution in [-0.4, -0.2) is 25.2 Å². The third-order valence-electron chi connectivity index (χ3n) is 2.10. The maximum absolute atomic E-state index is 11.5. The number of hydrogen-bond donors (Lipinski definition) is 1. The number of esters is 2. The number of para-hydroxylation sites is 1. The van der Waals surface area contributed by atoms with Crippen LogP contribution >= 0.6 is 0 Å². The standard InChI is InChI=1S/C12H15NO4/c1-3-16-11(14)8-6-5-7-9(10(8)13)12(15)17-4-2/h5-7H,3-4,13H2,1-2H3. The predicted molar refractivity (Wildman–Crippen MR) is 62.8 cm³/mol. The zero-order chi connectivity index (χ0) is 12.8. The summed E-state index contributed by atoms with van der Waals surface area (Å²) in [5.41, 5.74) is 6.19. The van der Waals surface area contributed by atoms with Crippen LogP contribution in [0.1, 0.15) is 34.6 Å². The normalized spacial score (nSPS) is 9.76. The Morgan fingerprint density at radius 3 is 1.82 bits per heavy atom. The molecule has 1 aromatic carbocycles. The molecule has 0 aliphatic carbocycles. The molecule has 0 atom stereocenters. The van der Waals surface area contributed by atoms with E-state index >= 15 is 0 Å². The number of nitrogen functional groups attached to an aromatic ring is 1. The zero-order valence-corrected chi connectivity index (χ0v) is 9.86. The van der Waals surface area contributed by atoms with E-state index in [1.54, 1.807) is 19.9 Å². The van der Waals surface area contributed by atoms with E-state index in [-0.39, 0.29) is 30.0 Å². The highest BCUT2D eigenvalue weighted by atomic mass is 16.5. The summed E-state index contributed by atoms with van der Waals surface area (Å²) >= 11 is 0. The molecule has 0 amide bonds. The van der Waals surface area contributed by atoms with Gasteiger partial charge in [0, 0.05) is 0 Å². The molecule has 0 aliphatic rings. The smallest absolute Gasteiger partial charge is 0.340 e. The van der Waals surface area contributed by atoms with Crippen molar-refractivity contribution < 1.29 is 19.1 Å². The monoisotopic (exact) mass is 237 g/mol. The van der Waals surface area contributed by atoms with E-state index in [0.29, 0.717) is 0 Å². The van der Waals surface area contributed by atoms with Crippen molar-refractivity contribution in [2.45, 2.75) is 13.8 Å². The first-order valence-electron chi connectivity index (χ1n) is 5.34. The third-order valence-corrected chi connectivity index (χ3v) is 2.10. The van der Waals surface area contributed by atoms with Gasteiger partial charge in [0.05, 0.1) is 30.0 Å². The van der Waals surface area contributed by atoms with Crippen LogP contribution in [0.2, 0.25) is 0 Å². The molecule has 92 valence electrons. The van der Waals surface area contributed by atoms with Crippen LogP contribution in [-0.2, 0) is 9.47 Å². The van der Waals surface area contributed by atoms with Crippen molar-refractivity contribution in [3.63, 3.8) is 0 Å². The van der Waals surface area contributed by atoms with E-state index < -0.39 is 11.9 Å². The van der Waals surface area contributed by atoms with Gasteiger partial charge in [-0.2, -0.15) is 0 Å². The molecule has 0 aliphatic heterocycles. The van der Waals surface area contributed by atoms with Gasteiger partial charge in [0.2, 0.25) is 0 Å². The highest BCUT2D eigenvalue weighted by Crippen LogP contribution is 2.19. The number of carbonyl (C=O) groups is 2. The molecule has 0 spiro atoms. The molecule has 5 nitrogen and oxygen atoms in total. The summed E-state index contributed by atoms with van der Waals surface area (Å²) in [5.74, 6) is -1.09. The maximum Gasteiger partial charge on any atom is 0.340 e. The molecule has 0 radical (unpaired) electrons. The molecule has 0 fully saturated rings. The number of benzene rings is 1. The van der Waals surface area contributed by atoms with Crippen LogP contribution in [0.3, 0.4) is 0 Å². The number of ether oxygens (including phenoxy) is 2. The van der Waals surface area contributed by atoms with Crippen molar-refractivity contribution >= 4 is 17.6 Å². The Kier molecular flexibility index (Phi) is 4.51. The Morgan fingerprint density at radius 1 is 1.06 bits per heavy atom. The second-order valence-corrected chi connectivity index (χ2v) is 3.21. The fourth-order valence-electron chi connectivity index (χ4n) is 1.34. The van der Waals surface area contributed by atoms with Crippen molar-refractivity contribution in [2.75, 3.05) is 18.9 Å². The molecule has 2 N–H and O–H groups in total. The molecule has 0 saturated carbocycles. The molecule has 1 aromatic rings. The predicted octanol–water partition coefficient (Wildman–Crippen LogP) is 1.62. The number of nitrogens with two attached hydrogens (primary N) is 1. The minimum Gasteiger partial charge on any atom is -0.462 e. The molecule has 0 heterocycles. The van der Waals surface area contributed by atoms with E-state index in [9.17, 15) is 9.59 Å². The Bertz CT molecular complexity index is 392. The summed E-state index contributed by atoms with van der Waals surface area (Å²) in [6.07, 6.45) is 0. The highest BCUT2D eigenvalue weighted by molar-refractivity contribution is 6.03. The molecule has 0 saturated heterocycles. The largest absolute Gasteiger partial charge is 0.462 e. The summed E-state index contributed by atoms with van der Waals surface area (Å²) in [7, 11) is 0. The Hall–Kier alpha value is -2.04. The first-order chi connectivity index (χ1) is 8.11. The topological polar surface area (TPSA) is 78.6 Å². The van der Waals surface area contributed by atoms with Gasteiger partial charge in [0.1, 0.15) is 0 Å². The number of carbonyl (C=O) groups excluding carboxylic acids is 2. The van der Waals surface area contributed by atoms with Gasteiger partial charge in [-0.1, -0.05) is 6.07 Å².